The Labute approximate surface area is 149 Å². The van der Waals surface area contributed by atoms with Gasteiger partial charge in [0, 0.05) is 16.6 Å². The van der Waals surface area contributed by atoms with E-state index in [4.69, 9.17) is 23.2 Å². The largest absolute Gasteiger partial charge is 0.295 e. The lowest BCUT2D eigenvalue weighted by molar-refractivity contribution is 0.101. The molecule has 0 aliphatic rings. The summed E-state index contributed by atoms with van der Waals surface area (Å²) >= 11 is 11.6. The number of ketones is 1. The molecule has 0 unspecified atom stereocenters. The highest BCUT2D eigenvalue weighted by Crippen LogP contribution is 2.29. The molecule has 8 heteroatoms. The van der Waals surface area contributed by atoms with E-state index in [9.17, 15) is 17.6 Å². The van der Waals surface area contributed by atoms with E-state index in [1.54, 1.807) is 0 Å². The van der Waals surface area contributed by atoms with Crippen molar-refractivity contribution < 1.29 is 17.6 Å². The van der Waals surface area contributed by atoms with Crippen LogP contribution < -0.4 is 4.72 Å². The molecule has 0 aliphatic heterocycles. The molecule has 1 N–H and O–H groups in total. The van der Waals surface area contributed by atoms with Crippen LogP contribution in [0.5, 0.6) is 0 Å². The van der Waals surface area contributed by atoms with E-state index in [0.717, 1.165) is 6.07 Å². The second-order valence-corrected chi connectivity index (χ2v) is 7.74. The van der Waals surface area contributed by atoms with Crippen LogP contribution in [-0.4, -0.2) is 14.2 Å². The lowest BCUT2D eigenvalue weighted by Crippen LogP contribution is -2.27. The van der Waals surface area contributed by atoms with Gasteiger partial charge < -0.3 is 0 Å². The van der Waals surface area contributed by atoms with E-state index in [1.165, 1.54) is 44.2 Å². The van der Waals surface area contributed by atoms with Crippen LogP contribution in [0.25, 0.3) is 0 Å². The van der Waals surface area contributed by atoms with Gasteiger partial charge >= 0.3 is 0 Å². The highest BCUT2D eigenvalue weighted by atomic mass is 35.5. The van der Waals surface area contributed by atoms with Crippen molar-refractivity contribution in [3.05, 3.63) is 63.4 Å². The zero-order chi connectivity index (χ0) is 18.1. The number of benzene rings is 2. The number of carbonyl (C=O) groups is 1. The quantitative estimate of drug-likeness (QED) is 0.609. The van der Waals surface area contributed by atoms with Crippen molar-refractivity contribution in [3.63, 3.8) is 0 Å². The van der Waals surface area contributed by atoms with E-state index < -0.39 is 21.9 Å². The molecule has 2 aromatic carbocycles. The number of hydrogen-bond acceptors (Lipinski definition) is 3. The van der Waals surface area contributed by atoms with E-state index in [1.807, 2.05) is 0 Å². The number of halogens is 3. The van der Waals surface area contributed by atoms with Crippen molar-refractivity contribution in [1.29, 1.82) is 0 Å². The predicted molar refractivity (Wildman–Crippen MR) is 91.6 cm³/mol. The van der Waals surface area contributed by atoms with Gasteiger partial charge in [-0.25, -0.2) is 17.5 Å². The first kappa shape index (κ1) is 18.9. The first-order chi connectivity index (χ1) is 11.1. The van der Waals surface area contributed by atoms with Crippen molar-refractivity contribution in [2.75, 3.05) is 0 Å². The van der Waals surface area contributed by atoms with Gasteiger partial charge in [-0.1, -0.05) is 35.3 Å². The third-order valence-electron chi connectivity index (χ3n) is 3.39. The van der Waals surface area contributed by atoms with E-state index >= 15 is 0 Å². The zero-order valence-electron chi connectivity index (χ0n) is 12.8. The fourth-order valence-electron chi connectivity index (χ4n) is 2.12. The summed E-state index contributed by atoms with van der Waals surface area (Å²) in [6.45, 7) is 2.87. The molecular weight excluding hydrogens is 376 g/mol. The van der Waals surface area contributed by atoms with Crippen molar-refractivity contribution in [3.8, 4) is 0 Å². The standard InChI is InChI=1S/C16H14Cl2FNO3S/c1-9(13-7-16(19)15(18)8-14(13)17)20-24(22,23)12-5-3-4-11(6-12)10(2)21/h3-9,20H,1-2H3/t9-/m0/s1. The molecule has 128 valence electrons. The second-order valence-electron chi connectivity index (χ2n) is 5.21. The normalized spacial score (nSPS) is 12.9. The lowest BCUT2D eigenvalue weighted by Gasteiger charge is -2.17. The number of carbonyl (C=O) groups excluding carboxylic acids is 1. The zero-order valence-corrected chi connectivity index (χ0v) is 15.1. The summed E-state index contributed by atoms with van der Waals surface area (Å²) in [6.07, 6.45) is 0. The van der Waals surface area contributed by atoms with Crippen molar-refractivity contribution in [2.24, 2.45) is 0 Å². The summed E-state index contributed by atoms with van der Waals surface area (Å²) in [7, 11) is -3.92. The Balaban J connectivity index is 2.34. The Hall–Kier alpha value is -1.47. The van der Waals surface area contributed by atoms with Crippen LogP contribution in [-0.2, 0) is 10.0 Å². The molecule has 24 heavy (non-hydrogen) atoms. The molecule has 0 aliphatic carbocycles. The second kappa shape index (κ2) is 7.19. The minimum atomic E-state index is -3.92. The highest BCUT2D eigenvalue weighted by molar-refractivity contribution is 7.89. The molecule has 0 aromatic heterocycles. The molecule has 0 saturated carbocycles. The molecule has 0 spiro atoms. The van der Waals surface area contributed by atoms with Crippen LogP contribution in [0.1, 0.15) is 35.8 Å². The number of hydrogen-bond donors (Lipinski definition) is 1. The molecule has 0 heterocycles. The number of Topliss-reactive ketones (excluding diaryl/α,β-unsaturated/α-hetero) is 1. The SMILES string of the molecule is CC(=O)c1cccc(S(=O)(=O)N[C@@H](C)c2cc(F)c(Cl)cc2Cl)c1. The maximum atomic E-state index is 13.6. The van der Waals surface area contributed by atoms with Crippen molar-refractivity contribution in [2.45, 2.75) is 24.8 Å². The predicted octanol–water partition coefficient (Wildman–Crippen LogP) is 4.37. The Kier molecular flexibility index (Phi) is 5.65. The molecule has 2 rings (SSSR count). The minimum Gasteiger partial charge on any atom is -0.295 e. The third-order valence-corrected chi connectivity index (χ3v) is 5.54. The van der Waals surface area contributed by atoms with Crippen LogP contribution in [0.15, 0.2) is 41.3 Å². The van der Waals surface area contributed by atoms with Crippen LogP contribution in [0.4, 0.5) is 4.39 Å². The first-order valence-electron chi connectivity index (χ1n) is 6.89. The van der Waals surface area contributed by atoms with E-state index in [-0.39, 0.29) is 31.9 Å². The van der Waals surface area contributed by atoms with E-state index in [2.05, 4.69) is 4.72 Å². The number of nitrogens with one attached hydrogen (secondary N) is 1. The summed E-state index contributed by atoms with van der Waals surface area (Å²) in [6, 6.07) is 7.16. The Bertz CT molecular complexity index is 900. The summed E-state index contributed by atoms with van der Waals surface area (Å²) in [4.78, 5) is 11.3. The molecule has 0 amide bonds. The maximum absolute atomic E-state index is 13.6. The molecule has 1 atom stereocenters. The summed E-state index contributed by atoms with van der Waals surface area (Å²) in [5, 5.41) is 0.00190. The van der Waals surface area contributed by atoms with Crippen LogP contribution in [0.3, 0.4) is 0 Å². The summed E-state index contributed by atoms with van der Waals surface area (Å²) in [5.41, 5.74) is 0.533. The van der Waals surface area contributed by atoms with Gasteiger partial charge in [0.2, 0.25) is 10.0 Å². The van der Waals surface area contributed by atoms with E-state index in [0.29, 0.717) is 0 Å². The number of sulfonamides is 1. The fraction of sp³-hybridized carbons (Fsp3) is 0.188. The average molecular weight is 390 g/mol. The van der Waals surface area contributed by atoms with Gasteiger partial charge in [-0.3, -0.25) is 4.79 Å². The molecule has 0 radical (unpaired) electrons. The van der Waals surface area contributed by atoms with Crippen LogP contribution >= 0.6 is 23.2 Å². The number of rotatable bonds is 5. The summed E-state index contributed by atoms with van der Waals surface area (Å²) in [5.74, 6) is -0.941. The Morgan fingerprint density at radius 3 is 2.46 bits per heavy atom. The van der Waals surface area contributed by atoms with Crippen LogP contribution in [0, 0.1) is 5.82 Å². The monoisotopic (exact) mass is 389 g/mol. The lowest BCUT2D eigenvalue weighted by atomic mass is 10.1. The van der Waals surface area contributed by atoms with Crippen molar-refractivity contribution >= 4 is 39.0 Å². The fourth-order valence-corrected chi connectivity index (χ4v) is 3.93. The topological polar surface area (TPSA) is 63.2 Å². The summed E-state index contributed by atoms with van der Waals surface area (Å²) < 4.78 is 41.0. The molecular formula is C16H14Cl2FNO3S. The van der Waals surface area contributed by atoms with Gasteiger partial charge in [-0.2, -0.15) is 0 Å². The molecule has 4 nitrogen and oxygen atoms in total. The molecule has 0 bridgehead atoms. The molecule has 2 aromatic rings. The van der Waals surface area contributed by atoms with Gasteiger partial charge in [0.15, 0.2) is 5.78 Å². The van der Waals surface area contributed by atoms with Gasteiger partial charge in [0.1, 0.15) is 5.82 Å². The maximum Gasteiger partial charge on any atom is 0.241 e. The Morgan fingerprint density at radius 1 is 1.17 bits per heavy atom. The van der Waals surface area contributed by atoms with Crippen LogP contribution in [0.2, 0.25) is 10.0 Å². The molecule has 0 fully saturated rings. The first-order valence-corrected chi connectivity index (χ1v) is 9.13. The van der Waals surface area contributed by atoms with Crippen molar-refractivity contribution in [1.82, 2.24) is 4.72 Å². The smallest absolute Gasteiger partial charge is 0.241 e. The van der Waals surface area contributed by atoms with Gasteiger partial charge in [-0.15, -0.1) is 0 Å². The van der Waals surface area contributed by atoms with Gasteiger partial charge in [-0.05, 0) is 43.7 Å². The third kappa shape index (κ3) is 4.13. The average Bonchev–Trinajstić information content (AvgIpc) is 2.50. The highest BCUT2D eigenvalue weighted by Gasteiger charge is 2.21. The van der Waals surface area contributed by atoms with Gasteiger partial charge in [0.05, 0.1) is 9.92 Å². The van der Waals surface area contributed by atoms with Gasteiger partial charge in [0.25, 0.3) is 0 Å². The minimum absolute atomic E-state index is 0.0624. The molecule has 0 saturated heterocycles. The Morgan fingerprint density at radius 2 is 1.83 bits per heavy atom.